The van der Waals surface area contributed by atoms with Gasteiger partial charge in [0.2, 0.25) is 0 Å². The highest BCUT2D eigenvalue weighted by molar-refractivity contribution is 6.32. The summed E-state index contributed by atoms with van der Waals surface area (Å²) in [7, 11) is 0. The minimum Gasteiger partial charge on any atom is -0.506 e. The number of nitrogens with one attached hydrogen (secondary N) is 1. The van der Waals surface area contributed by atoms with Gasteiger partial charge in [-0.2, -0.15) is 0 Å². The molecular weight excluding hydrogens is 278 g/mol. The van der Waals surface area contributed by atoms with Gasteiger partial charge >= 0.3 is 0 Å². The summed E-state index contributed by atoms with van der Waals surface area (Å²) in [5.41, 5.74) is 0.428. The zero-order valence-electron chi connectivity index (χ0n) is 11.1. The van der Waals surface area contributed by atoms with Crippen LogP contribution in [0, 0.1) is 0 Å². The number of carbonyl (C=O) groups excluding carboxylic acids is 1. The second-order valence-electron chi connectivity index (χ2n) is 4.66. The molecule has 20 heavy (non-hydrogen) atoms. The van der Waals surface area contributed by atoms with E-state index in [4.69, 9.17) is 16.0 Å². The first-order valence-corrected chi connectivity index (χ1v) is 6.76. The Balaban J connectivity index is 1.88. The van der Waals surface area contributed by atoms with Crippen LogP contribution in [-0.2, 0) is 6.42 Å². The molecule has 0 saturated heterocycles. The number of rotatable bonds is 5. The van der Waals surface area contributed by atoms with E-state index >= 15 is 0 Å². The quantitative estimate of drug-likeness (QED) is 0.888. The van der Waals surface area contributed by atoms with Gasteiger partial charge in [-0.3, -0.25) is 4.79 Å². The predicted octanol–water partition coefficient (Wildman–Crippen LogP) is 3.39. The van der Waals surface area contributed by atoms with E-state index in [2.05, 4.69) is 5.32 Å². The van der Waals surface area contributed by atoms with Crippen molar-refractivity contribution in [3.05, 3.63) is 52.9 Å². The van der Waals surface area contributed by atoms with Crippen LogP contribution >= 0.6 is 11.6 Å². The van der Waals surface area contributed by atoms with Gasteiger partial charge in [0.25, 0.3) is 5.91 Å². The predicted molar refractivity (Wildman–Crippen MR) is 77.1 cm³/mol. The summed E-state index contributed by atoms with van der Waals surface area (Å²) in [4.78, 5) is 12.0. The van der Waals surface area contributed by atoms with Crippen molar-refractivity contribution in [2.24, 2.45) is 0 Å². The van der Waals surface area contributed by atoms with E-state index in [9.17, 15) is 9.90 Å². The Morgan fingerprint density at radius 1 is 1.45 bits per heavy atom. The molecule has 1 heterocycles. The molecule has 0 bridgehead atoms. The lowest BCUT2D eigenvalue weighted by Gasteiger charge is -2.13. The number of aromatic hydroxyl groups is 1. The second kappa shape index (κ2) is 6.48. The van der Waals surface area contributed by atoms with Gasteiger partial charge in [-0.1, -0.05) is 11.6 Å². The second-order valence-corrected chi connectivity index (χ2v) is 5.07. The Morgan fingerprint density at radius 2 is 2.25 bits per heavy atom. The molecule has 2 rings (SSSR count). The zero-order chi connectivity index (χ0) is 14.5. The van der Waals surface area contributed by atoms with Crippen LogP contribution in [-0.4, -0.2) is 17.1 Å². The normalized spacial score (nSPS) is 12.1. The first-order valence-electron chi connectivity index (χ1n) is 6.38. The first-order chi connectivity index (χ1) is 9.56. The van der Waals surface area contributed by atoms with Crippen LogP contribution in [0.2, 0.25) is 5.02 Å². The van der Waals surface area contributed by atoms with Crippen LogP contribution in [0.25, 0.3) is 0 Å². The fraction of sp³-hybridized carbons (Fsp3) is 0.267. The Labute approximate surface area is 122 Å². The molecule has 0 aliphatic heterocycles. The number of halogens is 1. The van der Waals surface area contributed by atoms with E-state index in [0.29, 0.717) is 5.56 Å². The smallest absolute Gasteiger partial charge is 0.251 e. The number of benzene rings is 1. The van der Waals surface area contributed by atoms with Crippen LogP contribution < -0.4 is 5.32 Å². The van der Waals surface area contributed by atoms with Gasteiger partial charge in [0, 0.05) is 18.0 Å². The Morgan fingerprint density at radius 3 is 2.90 bits per heavy atom. The number of furan rings is 1. The van der Waals surface area contributed by atoms with E-state index < -0.39 is 0 Å². The van der Waals surface area contributed by atoms with Gasteiger partial charge in [-0.15, -0.1) is 0 Å². The molecule has 1 aromatic heterocycles. The Kier molecular flexibility index (Phi) is 4.69. The minimum absolute atomic E-state index is 0.0141. The monoisotopic (exact) mass is 293 g/mol. The largest absolute Gasteiger partial charge is 0.506 e. The molecule has 106 valence electrons. The highest BCUT2D eigenvalue weighted by atomic mass is 35.5. The highest BCUT2D eigenvalue weighted by Crippen LogP contribution is 2.23. The lowest BCUT2D eigenvalue weighted by atomic mass is 10.1. The SMILES string of the molecule is CC(CCc1ccco1)NC(=O)c1ccc(O)c(Cl)c1. The third kappa shape index (κ3) is 3.78. The lowest BCUT2D eigenvalue weighted by Crippen LogP contribution is -2.32. The summed E-state index contributed by atoms with van der Waals surface area (Å²) in [5.74, 6) is 0.659. The van der Waals surface area contributed by atoms with Gasteiger partial charge in [-0.05, 0) is 43.7 Å². The molecule has 0 aliphatic rings. The molecular formula is C15H16ClNO3. The number of carbonyl (C=O) groups is 1. The molecule has 0 radical (unpaired) electrons. The molecule has 0 aliphatic carbocycles. The summed E-state index contributed by atoms with van der Waals surface area (Å²) in [6, 6.07) is 8.16. The van der Waals surface area contributed by atoms with Crippen LogP contribution in [0.4, 0.5) is 0 Å². The fourth-order valence-corrected chi connectivity index (χ4v) is 2.02. The standard InChI is InChI=1S/C15H16ClNO3/c1-10(4-6-12-3-2-8-20-12)17-15(19)11-5-7-14(18)13(16)9-11/h2-3,5,7-10,18H,4,6H2,1H3,(H,17,19). The van der Waals surface area contributed by atoms with Gasteiger partial charge in [0.1, 0.15) is 11.5 Å². The molecule has 5 heteroatoms. The summed E-state index contributed by atoms with van der Waals surface area (Å²) in [5, 5.41) is 12.4. The van der Waals surface area contributed by atoms with Crippen molar-refractivity contribution in [2.75, 3.05) is 0 Å². The molecule has 2 N–H and O–H groups in total. The summed E-state index contributed by atoms with van der Waals surface area (Å²) in [6.07, 6.45) is 3.19. The third-order valence-electron chi connectivity index (χ3n) is 2.99. The molecule has 1 amide bonds. The molecule has 0 fully saturated rings. The van der Waals surface area contributed by atoms with Crippen molar-refractivity contribution < 1.29 is 14.3 Å². The van der Waals surface area contributed by atoms with E-state index in [-0.39, 0.29) is 22.7 Å². The number of hydrogen-bond donors (Lipinski definition) is 2. The topological polar surface area (TPSA) is 62.5 Å². The molecule has 4 nitrogen and oxygen atoms in total. The van der Waals surface area contributed by atoms with Crippen molar-refractivity contribution in [2.45, 2.75) is 25.8 Å². The number of hydrogen-bond acceptors (Lipinski definition) is 3. The van der Waals surface area contributed by atoms with Crippen molar-refractivity contribution >= 4 is 17.5 Å². The average molecular weight is 294 g/mol. The number of phenols is 1. The van der Waals surface area contributed by atoms with Crippen LogP contribution in [0.1, 0.15) is 29.5 Å². The molecule has 1 aromatic carbocycles. The molecule has 1 atom stereocenters. The molecule has 2 aromatic rings. The average Bonchev–Trinajstić information content (AvgIpc) is 2.92. The van der Waals surface area contributed by atoms with Crippen molar-refractivity contribution in [1.82, 2.24) is 5.32 Å². The van der Waals surface area contributed by atoms with E-state index in [1.807, 2.05) is 19.1 Å². The van der Waals surface area contributed by atoms with Gasteiger partial charge in [-0.25, -0.2) is 0 Å². The minimum atomic E-state index is -0.209. The van der Waals surface area contributed by atoms with Crippen molar-refractivity contribution in [1.29, 1.82) is 0 Å². The molecule has 1 unspecified atom stereocenters. The maximum absolute atomic E-state index is 12.0. The summed E-state index contributed by atoms with van der Waals surface area (Å²) in [6.45, 7) is 1.93. The van der Waals surface area contributed by atoms with Crippen molar-refractivity contribution in [3.8, 4) is 5.75 Å². The first kappa shape index (κ1) is 14.5. The lowest BCUT2D eigenvalue weighted by molar-refractivity contribution is 0.0938. The maximum atomic E-state index is 12.0. The highest BCUT2D eigenvalue weighted by Gasteiger charge is 2.12. The number of phenolic OH excluding ortho intramolecular Hbond substituents is 1. The zero-order valence-corrected chi connectivity index (χ0v) is 11.9. The third-order valence-corrected chi connectivity index (χ3v) is 3.29. The van der Waals surface area contributed by atoms with Crippen molar-refractivity contribution in [3.63, 3.8) is 0 Å². The van der Waals surface area contributed by atoms with E-state index in [0.717, 1.165) is 18.6 Å². The fourth-order valence-electron chi connectivity index (χ4n) is 1.84. The van der Waals surface area contributed by atoms with E-state index in [1.54, 1.807) is 6.26 Å². The van der Waals surface area contributed by atoms with Crippen LogP contribution in [0.3, 0.4) is 0 Å². The molecule has 0 saturated carbocycles. The van der Waals surface area contributed by atoms with E-state index in [1.165, 1.54) is 18.2 Å². The Hall–Kier alpha value is -1.94. The number of aryl methyl sites for hydroxylation is 1. The van der Waals surface area contributed by atoms with Gasteiger partial charge in [0.15, 0.2) is 0 Å². The van der Waals surface area contributed by atoms with Gasteiger partial charge in [0.05, 0.1) is 11.3 Å². The Bertz CT molecular complexity index is 581. The van der Waals surface area contributed by atoms with Crippen LogP contribution in [0.15, 0.2) is 41.0 Å². The summed E-state index contributed by atoms with van der Waals surface area (Å²) >= 11 is 5.78. The maximum Gasteiger partial charge on any atom is 0.251 e. The molecule has 0 spiro atoms. The van der Waals surface area contributed by atoms with Crippen LogP contribution in [0.5, 0.6) is 5.75 Å². The van der Waals surface area contributed by atoms with Gasteiger partial charge < -0.3 is 14.8 Å². The number of amides is 1. The summed E-state index contributed by atoms with van der Waals surface area (Å²) < 4.78 is 5.24.